The van der Waals surface area contributed by atoms with Gasteiger partial charge in [0.1, 0.15) is 6.04 Å². The lowest BCUT2D eigenvalue weighted by Crippen LogP contribution is -2.44. The quantitative estimate of drug-likeness (QED) is 0.807. The lowest BCUT2D eigenvalue weighted by atomic mass is 9.89. The minimum atomic E-state index is -1.04. The van der Waals surface area contributed by atoms with E-state index in [-0.39, 0.29) is 17.7 Å². The second kappa shape index (κ2) is 9.17. The second-order valence-corrected chi connectivity index (χ2v) is 7.07. The number of carboxylic acids is 1. The Balaban J connectivity index is 1.53. The number of hydrogen-bond donors (Lipinski definition) is 2. The predicted molar refractivity (Wildman–Crippen MR) is 105 cm³/mol. The highest BCUT2D eigenvalue weighted by atomic mass is 16.4. The van der Waals surface area contributed by atoms with E-state index < -0.39 is 12.0 Å². The molecule has 0 aliphatic carbocycles. The molecule has 0 radical (unpaired) electrons. The van der Waals surface area contributed by atoms with Gasteiger partial charge >= 0.3 is 5.97 Å². The van der Waals surface area contributed by atoms with Gasteiger partial charge in [-0.1, -0.05) is 36.4 Å². The van der Waals surface area contributed by atoms with Crippen molar-refractivity contribution in [2.75, 3.05) is 13.1 Å². The van der Waals surface area contributed by atoms with Crippen LogP contribution >= 0.6 is 0 Å². The number of hydrogen-bond acceptors (Lipinski definition) is 3. The molecule has 146 valence electrons. The van der Waals surface area contributed by atoms with E-state index in [1.54, 1.807) is 42.5 Å². The Morgan fingerprint density at radius 2 is 1.46 bits per heavy atom. The number of piperidine rings is 1. The van der Waals surface area contributed by atoms with E-state index in [4.69, 9.17) is 0 Å². The third-order valence-electron chi connectivity index (χ3n) is 5.13. The molecule has 0 bridgehead atoms. The Labute approximate surface area is 164 Å². The van der Waals surface area contributed by atoms with Crippen molar-refractivity contribution in [2.45, 2.75) is 25.3 Å². The molecule has 0 spiro atoms. The van der Waals surface area contributed by atoms with Crippen LogP contribution < -0.4 is 5.32 Å². The number of likely N-dealkylation sites (tertiary alicyclic amines) is 1. The lowest BCUT2D eigenvalue weighted by molar-refractivity contribution is -0.139. The second-order valence-electron chi connectivity index (χ2n) is 7.07. The summed E-state index contributed by atoms with van der Waals surface area (Å²) in [5.74, 6) is -1.26. The molecular formula is C22H24N2O4. The zero-order chi connectivity index (χ0) is 19.9. The number of rotatable bonds is 6. The molecular weight excluding hydrogens is 356 g/mol. The van der Waals surface area contributed by atoms with Crippen LogP contribution in [-0.4, -0.2) is 46.9 Å². The minimum absolute atomic E-state index is 0.00575. The highest BCUT2D eigenvalue weighted by Gasteiger charge is 2.29. The van der Waals surface area contributed by atoms with Crippen molar-refractivity contribution in [2.24, 2.45) is 5.92 Å². The molecule has 6 heteroatoms. The van der Waals surface area contributed by atoms with E-state index in [9.17, 15) is 19.5 Å². The summed E-state index contributed by atoms with van der Waals surface area (Å²) >= 11 is 0. The third-order valence-corrected chi connectivity index (χ3v) is 5.13. The molecule has 2 amide bonds. The smallest absolute Gasteiger partial charge is 0.326 e. The van der Waals surface area contributed by atoms with Crippen molar-refractivity contribution in [3.63, 3.8) is 0 Å². The Morgan fingerprint density at radius 3 is 2.00 bits per heavy atom. The zero-order valence-corrected chi connectivity index (χ0v) is 15.6. The van der Waals surface area contributed by atoms with Crippen LogP contribution in [0.5, 0.6) is 0 Å². The van der Waals surface area contributed by atoms with Crippen LogP contribution in [0.15, 0.2) is 60.7 Å². The van der Waals surface area contributed by atoms with E-state index in [1.807, 2.05) is 23.1 Å². The summed E-state index contributed by atoms with van der Waals surface area (Å²) in [6.45, 7) is 1.19. The summed E-state index contributed by atoms with van der Waals surface area (Å²) < 4.78 is 0. The first kappa shape index (κ1) is 19.6. The molecule has 1 saturated heterocycles. The number of nitrogens with zero attached hydrogens (tertiary/aromatic N) is 1. The molecule has 28 heavy (non-hydrogen) atoms. The molecule has 1 aliphatic rings. The van der Waals surface area contributed by atoms with Gasteiger partial charge in [0.2, 0.25) is 0 Å². The molecule has 2 aromatic carbocycles. The molecule has 2 aromatic rings. The van der Waals surface area contributed by atoms with Gasteiger partial charge < -0.3 is 15.3 Å². The fourth-order valence-corrected chi connectivity index (χ4v) is 3.52. The van der Waals surface area contributed by atoms with Gasteiger partial charge in [0, 0.05) is 24.2 Å². The highest BCUT2D eigenvalue weighted by Crippen LogP contribution is 2.23. The summed E-state index contributed by atoms with van der Waals surface area (Å²) in [5, 5.41) is 12.1. The number of carboxylic acid groups (broad SMARTS) is 1. The number of nitrogens with one attached hydrogen (secondary N) is 1. The average molecular weight is 380 g/mol. The SMILES string of the molecule is O=C(NC(CC1CCN(C(=O)c2ccccc2)CC1)C(=O)O)c1ccccc1. The maximum absolute atomic E-state index is 12.5. The first-order chi connectivity index (χ1) is 13.5. The zero-order valence-electron chi connectivity index (χ0n) is 15.6. The normalized spacial score (nSPS) is 15.6. The summed E-state index contributed by atoms with van der Waals surface area (Å²) in [6, 6.07) is 16.8. The van der Waals surface area contributed by atoms with Gasteiger partial charge in [-0.05, 0) is 49.4 Å². The minimum Gasteiger partial charge on any atom is -0.480 e. The van der Waals surface area contributed by atoms with Crippen LogP contribution in [-0.2, 0) is 4.79 Å². The van der Waals surface area contributed by atoms with Crippen molar-refractivity contribution in [1.82, 2.24) is 10.2 Å². The number of carbonyl (C=O) groups excluding carboxylic acids is 2. The molecule has 1 atom stereocenters. The molecule has 0 aromatic heterocycles. The monoisotopic (exact) mass is 380 g/mol. The van der Waals surface area contributed by atoms with Gasteiger partial charge in [0.25, 0.3) is 11.8 Å². The lowest BCUT2D eigenvalue weighted by Gasteiger charge is -2.33. The van der Waals surface area contributed by atoms with Crippen molar-refractivity contribution >= 4 is 17.8 Å². The summed E-state index contributed by atoms with van der Waals surface area (Å²) in [7, 11) is 0. The summed E-state index contributed by atoms with van der Waals surface area (Å²) in [4.78, 5) is 38.2. The largest absolute Gasteiger partial charge is 0.480 e. The van der Waals surface area contributed by atoms with Gasteiger partial charge in [-0.2, -0.15) is 0 Å². The molecule has 3 rings (SSSR count). The van der Waals surface area contributed by atoms with E-state index in [0.29, 0.717) is 30.6 Å². The predicted octanol–water partition coefficient (Wildman–Crippen LogP) is 2.81. The number of carbonyl (C=O) groups is 3. The maximum Gasteiger partial charge on any atom is 0.326 e. The van der Waals surface area contributed by atoms with E-state index in [2.05, 4.69) is 5.32 Å². The highest BCUT2D eigenvalue weighted by molar-refractivity contribution is 5.96. The molecule has 2 N–H and O–H groups in total. The van der Waals surface area contributed by atoms with Gasteiger partial charge in [0.05, 0.1) is 0 Å². The molecule has 1 fully saturated rings. The van der Waals surface area contributed by atoms with Gasteiger partial charge in [0.15, 0.2) is 0 Å². The van der Waals surface area contributed by atoms with Gasteiger partial charge in [-0.3, -0.25) is 9.59 Å². The molecule has 6 nitrogen and oxygen atoms in total. The first-order valence-corrected chi connectivity index (χ1v) is 9.47. The number of aliphatic carboxylic acids is 1. The van der Waals surface area contributed by atoms with Crippen molar-refractivity contribution < 1.29 is 19.5 Å². The maximum atomic E-state index is 12.5. The fourth-order valence-electron chi connectivity index (χ4n) is 3.52. The average Bonchev–Trinajstić information content (AvgIpc) is 2.74. The van der Waals surface area contributed by atoms with Crippen molar-refractivity contribution in [3.05, 3.63) is 71.8 Å². The van der Waals surface area contributed by atoms with Gasteiger partial charge in [-0.25, -0.2) is 4.79 Å². The Morgan fingerprint density at radius 1 is 0.929 bits per heavy atom. The number of benzene rings is 2. The summed E-state index contributed by atoms with van der Waals surface area (Å²) in [5.41, 5.74) is 1.11. The van der Waals surface area contributed by atoms with Crippen LogP contribution in [0.25, 0.3) is 0 Å². The van der Waals surface area contributed by atoms with Crippen molar-refractivity contribution in [1.29, 1.82) is 0 Å². The van der Waals surface area contributed by atoms with E-state index in [0.717, 1.165) is 12.8 Å². The van der Waals surface area contributed by atoms with E-state index in [1.165, 1.54) is 0 Å². The standard InChI is InChI=1S/C22H24N2O4/c25-20(17-7-3-1-4-8-17)23-19(22(27)28)15-16-11-13-24(14-12-16)21(26)18-9-5-2-6-10-18/h1-10,16,19H,11-15H2,(H,23,25)(H,27,28). The van der Waals surface area contributed by atoms with E-state index >= 15 is 0 Å². The van der Waals surface area contributed by atoms with Gasteiger partial charge in [-0.15, -0.1) is 0 Å². The van der Waals surface area contributed by atoms with Crippen molar-refractivity contribution in [3.8, 4) is 0 Å². The molecule has 1 aliphatic heterocycles. The Hall–Kier alpha value is -3.15. The Bertz CT molecular complexity index is 815. The van der Waals surface area contributed by atoms with Crippen LogP contribution in [0.3, 0.4) is 0 Å². The third kappa shape index (κ3) is 4.97. The fraction of sp³-hybridized carbons (Fsp3) is 0.318. The molecule has 1 heterocycles. The molecule has 0 saturated carbocycles. The van der Waals surface area contributed by atoms with Crippen LogP contribution in [0.1, 0.15) is 40.0 Å². The van der Waals surface area contributed by atoms with Crippen LogP contribution in [0.2, 0.25) is 0 Å². The Kier molecular flexibility index (Phi) is 6.42. The molecule has 1 unspecified atom stereocenters. The van der Waals surface area contributed by atoms with Crippen LogP contribution in [0.4, 0.5) is 0 Å². The summed E-state index contributed by atoms with van der Waals surface area (Å²) in [6.07, 6.45) is 1.81. The first-order valence-electron chi connectivity index (χ1n) is 9.47. The van der Waals surface area contributed by atoms with Crippen LogP contribution in [0, 0.1) is 5.92 Å². The topological polar surface area (TPSA) is 86.7 Å². The number of amides is 2.